The number of rotatable bonds is 5. The van der Waals surface area contributed by atoms with Gasteiger partial charge in [0.25, 0.3) is 5.91 Å². The van der Waals surface area contributed by atoms with Crippen molar-refractivity contribution in [2.24, 2.45) is 0 Å². The number of nitrogens with one attached hydrogen (secondary N) is 2. The van der Waals surface area contributed by atoms with Crippen molar-refractivity contribution in [3.05, 3.63) is 36.9 Å². The van der Waals surface area contributed by atoms with Crippen molar-refractivity contribution in [2.75, 3.05) is 18.5 Å². The van der Waals surface area contributed by atoms with Crippen molar-refractivity contribution in [2.45, 2.75) is 11.4 Å². The minimum atomic E-state index is -3.66. The maximum Gasteiger partial charge on any atom is 0.262 e. The summed E-state index contributed by atoms with van der Waals surface area (Å²) in [6, 6.07) is 4.35. The summed E-state index contributed by atoms with van der Waals surface area (Å²) in [5.74, 6) is 0.145. The van der Waals surface area contributed by atoms with Gasteiger partial charge in [-0.05, 0) is 18.2 Å². The maximum atomic E-state index is 12.2. The van der Waals surface area contributed by atoms with Crippen molar-refractivity contribution in [3.63, 3.8) is 0 Å². The number of benzene rings is 1. The molecule has 1 aliphatic heterocycles. The average Bonchev–Trinajstić information content (AvgIpc) is 2.99. The minimum absolute atomic E-state index is 0.0672. The van der Waals surface area contributed by atoms with E-state index in [0.29, 0.717) is 18.0 Å². The first-order valence-corrected chi connectivity index (χ1v) is 8.05. The summed E-state index contributed by atoms with van der Waals surface area (Å²) in [4.78, 5) is 15.2. The van der Waals surface area contributed by atoms with Gasteiger partial charge in [-0.1, -0.05) is 0 Å². The number of hydrogen-bond donors (Lipinski definition) is 2. The van der Waals surface area contributed by atoms with Crippen LogP contribution in [0.2, 0.25) is 0 Å². The van der Waals surface area contributed by atoms with Gasteiger partial charge < -0.3 is 14.6 Å². The van der Waals surface area contributed by atoms with Crippen LogP contribution in [0.5, 0.6) is 5.75 Å². The molecule has 2 heterocycles. The Morgan fingerprint density at radius 2 is 2.27 bits per heavy atom. The molecule has 3 rings (SSSR count). The molecule has 2 aromatic rings. The number of hydrogen-bond acceptors (Lipinski definition) is 5. The van der Waals surface area contributed by atoms with Gasteiger partial charge in [0.05, 0.1) is 16.9 Å². The number of nitrogens with zero attached hydrogens (tertiary/aromatic N) is 2. The SMILES string of the molecule is O=C1COc2ccc(S(=O)(=O)NCCn3ccnc3)cc2N1. The van der Waals surface area contributed by atoms with E-state index >= 15 is 0 Å². The molecule has 1 aromatic heterocycles. The van der Waals surface area contributed by atoms with Crippen LogP contribution >= 0.6 is 0 Å². The largest absolute Gasteiger partial charge is 0.482 e. The monoisotopic (exact) mass is 322 g/mol. The molecule has 2 N–H and O–H groups in total. The molecular weight excluding hydrogens is 308 g/mol. The van der Waals surface area contributed by atoms with Crippen LogP contribution < -0.4 is 14.8 Å². The lowest BCUT2D eigenvalue weighted by Gasteiger charge is -2.18. The van der Waals surface area contributed by atoms with E-state index in [1.54, 1.807) is 23.3 Å². The third kappa shape index (κ3) is 3.10. The Morgan fingerprint density at radius 3 is 3.05 bits per heavy atom. The zero-order valence-electron chi connectivity index (χ0n) is 11.5. The van der Waals surface area contributed by atoms with Gasteiger partial charge in [-0.3, -0.25) is 4.79 Å². The van der Waals surface area contributed by atoms with Crippen molar-refractivity contribution >= 4 is 21.6 Å². The highest BCUT2D eigenvalue weighted by atomic mass is 32.2. The van der Waals surface area contributed by atoms with Gasteiger partial charge in [0.15, 0.2) is 6.61 Å². The standard InChI is InChI=1S/C13H14N4O4S/c18-13-8-21-12-2-1-10(7-11(12)16-13)22(19,20)15-4-6-17-5-3-14-9-17/h1-3,5,7,9,15H,4,6,8H2,(H,16,18). The lowest BCUT2D eigenvalue weighted by Crippen LogP contribution is -2.28. The number of amides is 1. The molecule has 1 amide bonds. The van der Waals surface area contributed by atoms with Gasteiger partial charge in [0.1, 0.15) is 5.75 Å². The van der Waals surface area contributed by atoms with E-state index in [1.807, 2.05) is 0 Å². The van der Waals surface area contributed by atoms with Crippen LogP contribution in [0.25, 0.3) is 0 Å². The highest BCUT2D eigenvalue weighted by Gasteiger charge is 2.20. The van der Waals surface area contributed by atoms with Gasteiger partial charge >= 0.3 is 0 Å². The van der Waals surface area contributed by atoms with Crippen LogP contribution in [-0.2, 0) is 21.4 Å². The van der Waals surface area contributed by atoms with E-state index < -0.39 is 10.0 Å². The lowest BCUT2D eigenvalue weighted by molar-refractivity contribution is -0.118. The Labute approximate surface area is 127 Å². The number of fused-ring (bicyclic) bond motifs is 1. The normalized spacial score (nSPS) is 14.1. The Bertz CT molecular complexity index is 786. The molecule has 0 aliphatic carbocycles. The third-order valence-electron chi connectivity index (χ3n) is 3.12. The molecule has 0 saturated carbocycles. The second-order valence-electron chi connectivity index (χ2n) is 4.69. The van der Waals surface area contributed by atoms with E-state index in [2.05, 4.69) is 15.0 Å². The molecular formula is C13H14N4O4S. The summed E-state index contributed by atoms with van der Waals surface area (Å²) in [5.41, 5.74) is 0.355. The first-order chi connectivity index (χ1) is 10.5. The Morgan fingerprint density at radius 1 is 1.41 bits per heavy atom. The number of sulfonamides is 1. The van der Waals surface area contributed by atoms with Crippen LogP contribution in [0, 0.1) is 0 Å². The fraction of sp³-hybridized carbons (Fsp3) is 0.231. The number of anilines is 1. The van der Waals surface area contributed by atoms with Gasteiger partial charge in [-0.25, -0.2) is 18.1 Å². The summed E-state index contributed by atoms with van der Waals surface area (Å²) >= 11 is 0. The minimum Gasteiger partial charge on any atom is -0.482 e. The summed E-state index contributed by atoms with van der Waals surface area (Å²) < 4.78 is 33.9. The van der Waals surface area contributed by atoms with E-state index in [4.69, 9.17) is 4.74 Å². The summed E-state index contributed by atoms with van der Waals surface area (Å²) in [5, 5.41) is 2.58. The average molecular weight is 322 g/mol. The predicted molar refractivity (Wildman–Crippen MR) is 78.0 cm³/mol. The highest BCUT2D eigenvalue weighted by molar-refractivity contribution is 7.89. The quantitative estimate of drug-likeness (QED) is 0.818. The first kappa shape index (κ1) is 14.5. The van der Waals surface area contributed by atoms with Crippen molar-refractivity contribution in [3.8, 4) is 5.75 Å². The summed E-state index contributed by atoms with van der Waals surface area (Å²) in [6.45, 7) is 0.644. The molecule has 1 aliphatic rings. The van der Waals surface area contributed by atoms with E-state index in [1.165, 1.54) is 18.2 Å². The van der Waals surface area contributed by atoms with Crippen LogP contribution in [0.15, 0.2) is 41.8 Å². The smallest absolute Gasteiger partial charge is 0.262 e. The predicted octanol–water partition coefficient (Wildman–Crippen LogP) is 0.192. The van der Waals surface area contributed by atoms with Gasteiger partial charge in [0.2, 0.25) is 10.0 Å². The van der Waals surface area contributed by atoms with Crippen LogP contribution in [0.3, 0.4) is 0 Å². The lowest BCUT2D eigenvalue weighted by atomic mass is 10.2. The molecule has 0 bridgehead atoms. The van der Waals surface area contributed by atoms with Gasteiger partial charge in [0, 0.05) is 25.5 Å². The van der Waals surface area contributed by atoms with Gasteiger partial charge in [-0.15, -0.1) is 0 Å². The molecule has 1 aromatic carbocycles. The highest BCUT2D eigenvalue weighted by Crippen LogP contribution is 2.29. The fourth-order valence-electron chi connectivity index (χ4n) is 2.04. The maximum absolute atomic E-state index is 12.2. The molecule has 116 valence electrons. The third-order valence-corrected chi connectivity index (χ3v) is 4.57. The number of carbonyl (C=O) groups excluding carboxylic acids is 1. The second-order valence-corrected chi connectivity index (χ2v) is 6.46. The zero-order valence-corrected chi connectivity index (χ0v) is 12.3. The molecule has 0 fully saturated rings. The molecule has 8 nitrogen and oxygen atoms in total. The number of aromatic nitrogens is 2. The number of imidazole rings is 1. The molecule has 0 atom stereocenters. The van der Waals surface area contributed by atoms with Crippen molar-refractivity contribution < 1.29 is 17.9 Å². The van der Waals surface area contributed by atoms with Crippen molar-refractivity contribution in [1.29, 1.82) is 0 Å². The molecule has 22 heavy (non-hydrogen) atoms. The van der Waals surface area contributed by atoms with Crippen LogP contribution in [0.4, 0.5) is 5.69 Å². The van der Waals surface area contributed by atoms with Crippen LogP contribution in [-0.4, -0.2) is 37.0 Å². The first-order valence-electron chi connectivity index (χ1n) is 6.57. The number of ether oxygens (including phenoxy) is 1. The summed E-state index contributed by atoms with van der Waals surface area (Å²) in [7, 11) is -3.66. The fourth-order valence-corrected chi connectivity index (χ4v) is 3.09. The Kier molecular flexibility index (Phi) is 3.82. The molecule has 0 radical (unpaired) electrons. The summed E-state index contributed by atoms with van der Waals surface area (Å²) in [6.07, 6.45) is 4.99. The Balaban J connectivity index is 1.71. The zero-order chi connectivity index (χ0) is 15.6. The topological polar surface area (TPSA) is 102 Å². The molecule has 0 spiro atoms. The van der Waals surface area contributed by atoms with Gasteiger partial charge in [-0.2, -0.15) is 0 Å². The second kappa shape index (κ2) is 5.78. The van der Waals surface area contributed by atoms with E-state index in [9.17, 15) is 13.2 Å². The van der Waals surface area contributed by atoms with E-state index in [-0.39, 0.29) is 24.0 Å². The molecule has 0 unspecified atom stereocenters. The number of carbonyl (C=O) groups is 1. The molecule has 0 saturated heterocycles. The molecule has 9 heteroatoms. The van der Waals surface area contributed by atoms with Crippen molar-refractivity contribution in [1.82, 2.24) is 14.3 Å². The van der Waals surface area contributed by atoms with Crippen LogP contribution in [0.1, 0.15) is 0 Å². The van der Waals surface area contributed by atoms with E-state index in [0.717, 1.165) is 0 Å². The Hall–Kier alpha value is -2.39.